The molecule has 5 heteroatoms. The van der Waals surface area contributed by atoms with E-state index in [0.717, 1.165) is 22.5 Å². The molecule has 0 bridgehead atoms. The fourth-order valence-electron chi connectivity index (χ4n) is 2.49. The molecule has 140 valence electrons. The van der Waals surface area contributed by atoms with E-state index in [1.807, 2.05) is 69.5 Å². The van der Waals surface area contributed by atoms with Crippen molar-refractivity contribution in [1.29, 1.82) is 0 Å². The molecular weight excluding hydrogens is 336 g/mol. The lowest BCUT2D eigenvalue weighted by Crippen LogP contribution is -2.14. The van der Waals surface area contributed by atoms with Crippen molar-refractivity contribution in [3.05, 3.63) is 84.0 Å². The number of carbonyl (C=O) groups is 1. The van der Waals surface area contributed by atoms with Gasteiger partial charge in [-0.2, -0.15) is 0 Å². The smallest absolute Gasteiger partial charge is 0.257 e. The van der Waals surface area contributed by atoms with Crippen LogP contribution in [0.15, 0.2) is 72.3 Å². The van der Waals surface area contributed by atoms with E-state index in [0.29, 0.717) is 5.56 Å². The molecule has 1 aromatic carbocycles. The zero-order chi connectivity index (χ0) is 19.6. The molecule has 0 aliphatic carbocycles. The number of nitrogens with one attached hydrogen (secondary N) is 2. The first-order valence-electron chi connectivity index (χ1n) is 8.90. The first kappa shape index (κ1) is 20.1. The molecule has 1 aromatic heterocycles. The highest BCUT2D eigenvalue weighted by Gasteiger charge is 2.09. The highest BCUT2D eigenvalue weighted by Crippen LogP contribution is 2.18. The van der Waals surface area contributed by atoms with E-state index in [-0.39, 0.29) is 11.9 Å². The van der Waals surface area contributed by atoms with Gasteiger partial charge >= 0.3 is 0 Å². The van der Waals surface area contributed by atoms with Gasteiger partial charge in [0.25, 0.3) is 5.91 Å². The number of carbonyl (C=O) groups excluding carboxylic acids is 1. The van der Waals surface area contributed by atoms with Crippen LogP contribution in [0.4, 0.5) is 5.69 Å². The van der Waals surface area contributed by atoms with E-state index in [4.69, 9.17) is 0 Å². The summed E-state index contributed by atoms with van der Waals surface area (Å²) in [6.45, 7) is 7.88. The summed E-state index contributed by atoms with van der Waals surface area (Å²) in [5.41, 5.74) is 4.25. The maximum atomic E-state index is 12.4. The first-order valence-corrected chi connectivity index (χ1v) is 8.90. The minimum absolute atomic E-state index is 0.0796. The number of nitrogens with zero attached hydrogens (tertiary/aromatic N) is 2. The van der Waals surface area contributed by atoms with Gasteiger partial charge in [0.05, 0.1) is 5.56 Å². The van der Waals surface area contributed by atoms with Crippen LogP contribution < -0.4 is 10.6 Å². The number of benzene rings is 1. The molecule has 2 N–H and O–H groups in total. The number of hydrogen-bond donors (Lipinski definition) is 2. The van der Waals surface area contributed by atoms with Crippen LogP contribution in [0.5, 0.6) is 0 Å². The minimum Gasteiger partial charge on any atom is -0.383 e. The molecule has 2 aromatic rings. The predicted molar refractivity (Wildman–Crippen MR) is 112 cm³/mol. The van der Waals surface area contributed by atoms with Crippen molar-refractivity contribution in [3.63, 3.8) is 0 Å². The third-order valence-corrected chi connectivity index (χ3v) is 3.89. The van der Waals surface area contributed by atoms with Crippen molar-refractivity contribution in [1.82, 2.24) is 10.3 Å². The number of aliphatic imine (C=N–C) groups is 1. The maximum absolute atomic E-state index is 12.4. The van der Waals surface area contributed by atoms with Gasteiger partial charge in [-0.3, -0.25) is 14.8 Å². The van der Waals surface area contributed by atoms with Crippen LogP contribution in [0, 0.1) is 6.92 Å². The van der Waals surface area contributed by atoms with E-state index in [1.165, 1.54) is 0 Å². The summed E-state index contributed by atoms with van der Waals surface area (Å²) >= 11 is 0. The average Bonchev–Trinajstić information content (AvgIpc) is 2.65. The fraction of sp³-hybridized carbons (Fsp3) is 0.227. The fourth-order valence-corrected chi connectivity index (χ4v) is 2.49. The number of aryl methyl sites for hydroxylation is 1. The van der Waals surface area contributed by atoms with Crippen LogP contribution in [0.3, 0.4) is 0 Å². The van der Waals surface area contributed by atoms with Gasteiger partial charge in [-0.1, -0.05) is 18.2 Å². The molecule has 0 aliphatic rings. The Hall–Kier alpha value is -3.21. The second-order valence-electron chi connectivity index (χ2n) is 6.31. The number of rotatable bonds is 7. The van der Waals surface area contributed by atoms with Gasteiger partial charge < -0.3 is 10.6 Å². The van der Waals surface area contributed by atoms with Crippen LogP contribution in [0.25, 0.3) is 0 Å². The number of aromatic nitrogens is 1. The highest BCUT2D eigenvalue weighted by atomic mass is 16.1. The van der Waals surface area contributed by atoms with E-state index in [9.17, 15) is 4.79 Å². The van der Waals surface area contributed by atoms with Gasteiger partial charge in [0.2, 0.25) is 0 Å². The van der Waals surface area contributed by atoms with Gasteiger partial charge in [-0.05, 0) is 63.1 Å². The topological polar surface area (TPSA) is 66.4 Å². The third-order valence-electron chi connectivity index (χ3n) is 3.89. The largest absolute Gasteiger partial charge is 0.383 e. The second kappa shape index (κ2) is 10.1. The summed E-state index contributed by atoms with van der Waals surface area (Å²) in [6.07, 6.45) is 10.8. The maximum Gasteiger partial charge on any atom is 0.257 e. The number of anilines is 1. The molecule has 0 fully saturated rings. The number of pyridine rings is 1. The number of allylic oxidation sites excluding steroid dienone is 2. The Morgan fingerprint density at radius 3 is 2.81 bits per heavy atom. The molecule has 1 unspecified atom stereocenters. The molecule has 1 amide bonds. The Bertz CT molecular complexity index is 868. The minimum atomic E-state index is -0.169. The summed E-state index contributed by atoms with van der Waals surface area (Å²) < 4.78 is 0. The Balaban J connectivity index is 2.00. The van der Waals surface area contributed by atoms with E-state index in [2.05, 4.69) is 27.5 Å². The number of hydrogen-bond acceptors (Lipinski definition) is 4. The van der Waals surface area contributed by atoms with Gasteiger partial charge in [-0.15, -0.1) is 0 Å². The zero-order valence-electron chi connectivity index (χ0n) is 16.2. The molecule has 1 heterocycles. The molecule has 0 radical (unpaired) electrons. The Morgan fingerprint density at radius 1 is 1.26 bits per heavy atom. The van der Waals surface area contributed by atoms with Crippen molar-refractivity contribution in [2.75, 3.05) is 5.32 Å². The highest BCUT2D eigenvalue weighted by molar-refractivity contribution is 6.04. The lowest BCUT2D eigenvalue weighted by Gasteiger charge is -2.14. The lowest BCUT2D eigenvalue weighted by molar-refractivity contribution is 0.102. The lowest BCUT2D eigenvalue weighted by atomic mass is 10.1. The van der Waals surface area contributed by atoms with Gasteiger partial charge in [0, 0.05) is 42.2 Å². The van der Waals surface area contributed by atoms with Crippen LogP contribution >= 0.6 is 0 Å². The van der Waals surface area contributed by atoms with Crippen LogP contribution in [0.1, 0.15) is 48.3 Å². The normalized spacial score (nSPS) is 13.1. The molecule has 5 nitrogen and oxygen atoms in total. The van der Waals surface area contributed by atoms with Crippen LogP contribution in [-0.2, 0) is 0 Å². The summed E-state index contributed by atoms with van der Waals surface area (Å²) in [4.78, 5) is 20.7. The first-order chi connectivity index (χ1) is 13.0. The summed E-state index contributed by atoms with van der Waals surface area (Å²) in [5.74, 6) is -0.169. The van der Waals surface area contributed by atoms with Crippen molar-refractivity contribution < 1.29 is 4.79 Å². The van der Waals surface area contributed by atoms with E-state index in [1.54, 1.807) is 18.6 Å². The van der Waals surface area contributed by atoms with Crippen molar-refractivity contribution in [2.45, 2.75) is 33.7 Å². The van der Waals surface area contributed by atoms with Gasteiger partial charge in [0.1, 0.15) is 0 Å². The van der Waals surface area contributed by atoms with Gasteiger partial charge in [0.15, 0.2) is 0 Å². The van der Waals surface area contributed by atoms with Crippen LogP contribution in [-0.4, -0.2) is 16.6 Å². The van der Waals surface area contributed by atoms with Crippen molar-refractivity contribution in [2.24, 2.45) is 4.99 Å². The monoisotopic (exact) mass is 362 g/mol. The summed E-state index contributed by atoms with van der Waals surface area (Å²) in [5, 5.41) is 6.20. The Labute approximate surface area is 160 Å². The predicted octanol–water partition coefficient (Wildman–Crippen LogP) is 4.80. The molecule has 0 aliphatic heterocycles. The molecular formula is C22H26N4O. The summed E-state index contributed by atoms with van der Waals surface area (Å²) in [6, 6.07) is 9.67. The molecule has 0 saturated carbocycles. The quantitative estimate of drug-likeness (QED) is 0.695. The molecule has 0 saturated heterocycles. The van der Waals surface area contributed by atoms with Crippen LogP contribution in [0.2, 0.25) is 0 Å². The third kappa shape index (κ3) is 6.55. The van der Waals surface area contributed by atoms with E-state index >= 15 is 0 Å². The summed E-state index contributed by atoms with van der Waals surface area (Å²) in [7, 11) is 0. The molecule has 1 atom stereocenters. The Kier molecular flexibility index (Phi) is 7.49. The standard InChI is InChI=1S/C22H26N4O/c1-5-7-17(3)24-10-11-25-18(4)19-8-6-9-21(13-19)26-22(27)20-12-16(2)14-23-15-20/h5-15,18,25H,1-4H3,(H,26,27)/b7-5-,11-10?,24-17?. The Morgan fingerprint density at radius 2 is 2.07 bits per heavy atom. The number of amides is 1. The van der Waals surface area contributed by atoms with Gasteiger partial charge in [-0.25, -0.2) is 0 Å². The average molecular weight is 362 g/mol. The zero-order valence-corrected chi connectivity index (χ0v) is 16.2. The second-order valence-corrected chi connectivity index (χ2v) is 6.31. The van der Waals surface area contributed by atoms with Crippen molar-refractivity contribution in [3.8, 4) is 0 Å². The molecule has 27 heavy (non-hydrogen) atoms. The van der Waals surface area contributed by atoms with E-state index < -0.39 is 0 Å². The molecule has 0 spiro atoms. The van der Waals surface area contributed by atoms with Crippen molar-refractivity contribution >= 4 is 17.3 Å². The molecule has 2 rings (SSSR count). The SMILES string of the molecule is C/C=C\C(C)=NC=CNC(C)c1cccc(NC(=O)c2cncc(C)c2)c1.